The molecule has 1 saturated heterocycles. The second kappa shape index (κ2) is 5.95. The maximum atomic E-state index is 11.4. The van der Waals surface area contributed by atoms with Gasteiger partial charge in [-0.3, -0.25) is 10.1 Å². The van der Waals surface area contributed by atoms with Gasteiger partial charge in [-0.25, -0.2) is 4.98 Å². The van der Waals surface area contributed by atoms with Crippen LogP contribution in [0.5, 0.6) is 0 Å². The first kappa shape index (κ1) is 14.2. The fraction of sp³-hybridized carbons (Fsp3) is 0.500. The van der Waals surface area contributed by atoms with E-state index in [0.29, 0.717) is 17.1 Å². The van der Waals surface area contributed by atoms with Crippen LogP contribution in [0.25, 0.3) is 10.2 Å². The van der Waals surface area contributed by atoms with E-state index in [9.17, 15) is 10.1 Å². The molecule has 21 heavy (non-hydrogen) atoms. The van der Waals surface area contributed by atoms with Crippen LogP contribution in [0.1, 0.15) is 13.3 Å². The number of hydrogen-bond acceptors (Lipinski definition) is 6. The number of nitrogens with one attached hydrogen (secondary N) is 1. The number of fused-ring (bicyclic) bond motifs is 1. The van der Waals surface area contributed by atoms with Crippen molar-refractivity contribution in [2.24, 2.45) is 5.92 Å². The molecule has 0 radical (unpaired) electrons. The Hall–Kier alpha value is -1.73. The quantitative estimate of drug-likeness (QED) is 0.679. The molecule has 0 bridgehead atoms. The van der Waals surface area contributed by atoms with E-state index in [-0.39, 0.29) is 10.6 Å². The van der Waals surface area contributed by atoms with Crippen LogP contribution in [0, 0.1) is 16.0 Å². The van der Waals surface area contributed by atoms with Crippen LogP contribution < -0.4 is 5.32 Å². The zero-order valence-corrected chi connectivity index (χ0v) is 12.7. The number of benzene rings is 1. The third kappa shape index (κ3) is 2.84. The molecule has 1 unspecified atom stereocenters. The third-order valence-corrected chi connectivity index (χ3v) is 4.85. The summed E-state index contributed by atoms with van der Waals surface area (Å²) in [4.78, 5) is 17.6. The first-order chi connectivity index (χ1) is 10.2. The molecule has 6 nitrogen and oxygen atoms in total. The van der Waals surface area contributed by atoms with Gasteiger partial charge in [0.15, 0.2) is 5.52 Å². The molecule has 0 saturated carbocycles. The van der Waals surface area contributed by atoms with Gasteiger partial charge in [-0.05, 0) is 37.6 Å². The molecule has 1 atom stereocenters. The molecule has 3 rings (SSSR count). The third-order valence-electron chi connectivity index (χ3n) is 4.06. The predicted octanol–water partition coefficient (Wildman–Crippen LogP) is 2.96. The van der Waals surface area contributed by atoms with Gasteiger partial charge in [0, 0.05) is 13.1 Å². The van der Waals surface area contributed by atoms with E-state index in [1.165, 1.54) is 11.3 Å². The second-order valence-corrected chi connectivity index (χ2v) is 6.23. The van der Waals surface area contributed by atoms with Crippen molar-refractivity contribution < 1.29 is 4.92 Å². The molecule has 2 heterocycles. The fourth-order valence-electron chi connectivity index (χ4n) is 2.87. The molecule has 0 amide bonds. The maximum Gasteiger partial charge on any atom is 0.319 e. The highest BCUT2D eigenvalue weighted by Gasteiger charge is 2.24. The molecule has 1 aromatic heterocycles. The van der Waals surface area contributed by atoms with E-state index < -0.39 is 0 Å². The largest absolute Gasteiger partial charge is 0.379 e. The Bertz CT molecular complexity index is 657. The van der Waals surface area contributed by atoms with Crippen LogP contribution >= 0.6 is 11.3 Å². The number of nitro benzene ring substituents is 1. The summed E-state index contributed by atoms with van der Waals surface area (Å²) in [5.74, 6) is 0.552. The Morgan fingerprint density at radius 3 is 3.14 bits per heavy atom. The Balaban J connectivity index is 1.77. The number of aromatic nitrogens is 1. The number of nitrogens with zero attached hydrogens (tertiary/aromatic N) is 3. The summed E-state index contributed by atoms with van der Waals surface area (Å²) in [5, 5.41) is 14.6. The van der Waals surface area contributed by atoms with Crippen molar-refractivity contribution in [3.8, 4) is 0 Å². The first-order valence-corrected chi connectivity index (χ1v) is 8.03. The van der Waals surface area contributed by atoms with Crippen molar-refractivity contribution in [2.45, 2.75) is 13.3 Å². The number of likely N-dealkylation sites (tertiary alicyclic amines) is 1. The van der Waals surface area contributed by atoms with Gasteiger partial charge >= 0.3 is 5.69 Å². The molecule has 1 aliphatic heterocycles. The van der Waals surface area contributed by atoms with Gasteiger partial charge in [-0.2, -0.15) is 0 Å². The summed E-state index contributed by atoms with van der Waals surface area (Å²) >= 11 is 1.42. The minimum atomic E-state index is -0.336. The van der Waals surface area contributed by atoms with Gasteiger partial charge in [0.05, 0.1) is 15.1 Å². The number of rotatable bonds is 5. The number of anilines is 1. The molecule has 0 spiro atoms. The lowest BCUT2D eigenvalue weighted by molar-refractivity contribution is -0.382. The molecule has 2 aromatic rings. The summed E-state index contributed by atoms with van der Waals surface area (Å²) in [5.41, 5.74) is 2.81. The lowest BCUT2D eigenvalue weighted by atomic mass is 10.1. The van der Waals surface area contributed by atoms with Gasteiger partial charge in [-0.15, -0.1) is 11.3 Å². The average Bonchev–Trinajstić information content (AvgIpc) is 3.12. The molecular formula is C14H18N4O2S. The van der Waals surface area contributed by atoms with Crippen LogP contribution in [-0.4, -0.2) is 41.0 Å². The summed E-state index contributed by atoms with van der Waals surface area (Å²) in [6.45, 7) is 6.19. The van der Waals surface area contributed by atoms with Gasteiger partial charge in [0.2, 0.25) is 0 Å². The lowest BCUT2D eigenvalue weighted by Gasteiger charge is -2.14. The van der Waals surface area contributed by atoms with Gasteiger partial charge < -0.3 is 10.2 Å². The van der Waals surface area contributed by atoms with E-state index >= 15 is 0 Å². The SMILES string of the molecule is CCN1CCC(CNc2ccc3scnc3c2[N+](=O)[O-])C1. The normalized spacial score (nSPS) is 19.2. The second-order valence-electron chi connectivity index (χ2n) is 5.35. The molecule has 1 fully saturated rings. The number of thiazole rings is 1. The summed E-state index contributed by atoms with van der Waals surface area (Å²) < 4.78 is 0.852. The first-order valence-electron chi connectivity index (χ1n) is 7.16. The molecule has 1 N–H and O–H groups in total. The van der Waals surface area contributed by atoms with Crippen LogP contribution in [0.3, 0.4) is 0 Å². The highest BCUT2D eigenvalue weighted by Crippen LogP contribution is 2.34. The van der Waals surface area contributed by atoms with Crippen molar-refractivity contribution in [1.29, 1.82) is 0 Å². The summed E-state index contributed by atoms with van der Waals surface area (Å²) in [6, 6.07) is 3.69. The molecule has 1 aliphatic rings. The maximum absolute atomic E-state index is 11.4. The van der Waals surface area contributed by atoms with E-state index in [1.54, 1.807) is 11.6 Å². The van der Waals surface area contributed by atoms with Crippen molar-refractivity contribution in [3.63, 3.8) is 0 Å². The van der Waals surface area contributed by atoms with Crippen LogP contribution in [-0.2, 0) is 0 Å². The van der Waals surface area contributed by atoms with Crippen LogP contribution in [0.15, 0.2) is 17.6 Å². The standard InChI is InChI=1S/C14H18N4O2S/c1-2-17-6-5-10(8-17)7-15-11-3-4-12-13(16-9-21-12)14(11)18(19)20/h3-4,9-10,15H,2,5-8H2,1H3. The van der Waals surface area contributed by atoms with Gasteiger partial charge in [0.25, 0.3) is 0 Å². The number of nitro groups is 1. The fourth-order valence-corrected chi connectivity index (χ4v) is 3.54. The molecule has 0 aliphatic carbocycles. The van der Waals surface area contributed by atoms with Crippen LogP contribution in [0.4, 0.5) is 11.4 Å². The Kier molecular flexibility index (Phi) is 4.03. The Morgan fingerprint density at radius 2 is 2.43 bits per heavy atom. The van der Waals surface area contributed by atoms with Crippen molar-refractivity contribution in [2.75, 3.05) is 31.5 Å². The zero-order chi connectivity index (χ0) is 14.8. The van der Waals surface area contributed by atoms with Crippen molar-refractivity contribution in [3.05, 3.63) is 27.8 Å². The predicted molar refractivity (Wildman–Crippen MR) is 85.0 cm³/mol. The zero-order valence-electron chi connectivity index (χ0n) is 11.9. The molecular weight excluding hydrogens is 288 g/mol. The minimum Gasteiger partial charge on any atom is -0.379 e. The Morgan fingerprint density at radius 1 is 1.57 bits per heavy atom. The monoisotopic (exact) mass is 306 g/mol. The minimum absolute atomic E-state index is 0.0964. The van der Waals surface area contributed by atoms with E-state index in [0.717, 1.165) is 37.3 Å². The van der Waals surface area contributed by atoms with Crippen molar-refractivity contribution >= 4 is 32.9 Å². The van der Waals surface area contributed by atoms with Gasteiger partial charge in [0.1, 0.15) is 5.69 Å². The lowest BCUT2D eigenvalue weighted by Crippen LogP contribution is -2.22. The average molecular weight is 306 g/mol. The topological polar surface area (TPSA) is 71.3 Å². The smallest absolute Gasteiger partial charge is 0.319 e. The van der Waals surface area contributed by atoms with Crippen molar-refractivity contribution in [1.82, 2.24) is 9.88 Å². The summed E-state index contributed by atoms with van der Waals surface area (Å²) in [6.07, 6.45) is 1.15. The molecule has 1 aromatic carbocycles. The van der Waals surface area contributed by atoms with Gasteiger partial charge in [-0.1, -0.05) is 6.92 Å². The molecule has 7 heteroatoms. The highest BCUT2D eigenvalue weighted by atomic mass is 32.1. The van der Waals surface area contributed by atoms with E-state index in [4.69, 9.17) is 0 Å². The Labute approximate surface area is 126 Å². The summed E-state index contributed by atoms with van der Waals surface area (Å²) in [7, 11) is 0. The highest BCUT2D eigenvalue weighted by molar-refractivity contribution is 7.16. The van der Waals surface area contributed by atoms with E-state index in [2.05, 4.69) is 22.1 Å². The van der Waals surface area contributed by atoms with E-state index in [1.807, 2.05) is 6.07 Å². The molecule has 112 valence electrons. The number of hydrogen-bond donors (Lipinski definition) is 1. The van der Waals surface area contributed by atoms with Crippen LogP contribution in [0.2, 0.25) is 0 Å².